The maximum atomic E-state index is 12.4. The van der Waals surface area contributed by atoms with Crippen molar-refractivity contribution in [2.75, 3.05) is 7.11 Å². The molecule has 0 aliphatic rings. The molecule has 23 heavy (non-hydrogen) atoms. The van der Waals surface area contributed by atoms with E-state index in [2.05, 4.69) is 0 Å². The summed E-state index contributed by atoms with van der Waals surface area (Å²) in [6.45, 7) is 1.69. The van der Waals surface area contributed by atoms with Crippen LogP contribution in [0, 0.1) is 0 Å². The molecule has 0 saturated carbocycles. The number of halogens is 3. The molecule has 1 aromatic carbocycles. The molecule has 2 N–H and O–H groups in total. The van der Waals surface area contributed by atoms with Gasteiger partial charge in [-0.1, -0.05) is 19.1 Å². The highest BCUT2D eigenvalue weighted by Gasteiger charge is 2.37. The van der Waals surface area contributed by atoms with Crippen molar-refractivity contribution in [3.8, 4) is 5.75 Å². The zero-order valence-electron chi connectivity index (χ0n) is 12.7. The molecule has 0 aliphatic carbocycles. The molecule has 2 unspecified atom stereocenters. The number of methoxy groups -OCH3 is 1. The van der Waals surface area contributed by atoms with E-state index in [-0.39, 0.29) is 0 Å². The number of rotatable bonds is 7. The molecule has 1 amide bonds. The number of aliphatic carboxylic acids is 1. The molecule has 0 aromatic heterocycles. The lowest BCUT2D eigenvalue weighted by Gasteiger charge is -2.20. The van der Waals surface area contributed by atoms with Crippen LogP contribution in [-0.4, -0.2) is 36.3 Å². The number of carboxylic acids is 1. The third-order valence-corrected chi connectivity index (χ3v) is 3.29. The number of carbonyl (C=O) groups is 2. The number of benzene rings is 1. The van der Waals surface area contributed by atoms with E-state index in [1.54, 1.807) is 31.2 Å². The maximum Gasteiger partial charge on any atom is 0.391 e. The molecular formula is C15H18F3NO4. The first-order chi connectivity index (χ1) is 10.7. The number of carbonyl (C=O) groups excluding carboxylic acids is 1. The fraction of sp³-hybridized carbons (Fsp3) is 0.467. The maximum absolute atomic E-state index is 12.4. The summed E-state index contributed by atoms with van der Waals surface area (Å²) < 4.78 is 42.1. The van der Waals surface area contributed by atoms with E-state index >= 15 is 0 Å². The van der Waals surface area contributed by atoms with E-state index in [9.17, 15) is 22.8 Å². The van der Waals surface area contributed by atoms with Crippen LogP contribution >= 0.6 is 0 Å². The van der Waals surface area contributed by atoms with E-state index in [1.807, 2.05) is 5.32 Å². The van der Waals surface area contributed by atoms with E-state index < -0.39 is 36.4 Å². The van der Waals surface area contributed by atoms with Crippen LogP contribution in [0.2, 0.25) is 0 Å². The van der Waals surface area contributed by atoms with Gasteiger partial charge < -0.3 is 15.2 Å². The second-order valence-corrected chi connectivity index (χ2v) is 4.95. The summed E-state index contributed by atoms with van der Waals surface area (Å²) in [6.07, 6.45) is -5.98. The Bertz CT molecular complexity index is 543. The Balaban J connectivity index is 2.87. The SMILES string of the molecule is CCC(C(=O)NC(CC(F)(F)F)C(=O)O)c1ccc(OC)cc1. The Morgan fingerprint density at radius 2 is 1.83 bits per heavy atom. The zero-order valence-corrected chi connectivity index (χ0v) is 12.7. The summed E-state index contributed by atoms with van der Waals surface area (Å²) in [4.78, 5) is 23.1. The minimum absolute atomic E-state index is 0.316. The van der Waals surface area contributed by atoms with Crippen LogP contribution in [0.25, 0.3) is 0 Å². The van der Waals surface area contributed by atoms with Crippen molar-refractivity contribution in [2.24, 2.45) is 0 Å². The van der Waals surface area contributed by atoms with Crippen LogP contribution in [0.1, 0.15) is 31.2 Å². The summed E-state index contributed by atoms with van der Waals surface area (Å²) in [5, 5.41) is 10.8. The van der Waals surface area contributed by atoms with E-state index in [4.69, 9.17) is 9.84 Å². The van der Waals surface area contributed by atoms with Gasteiger partial charge in [0.25, 0.3) is 0 Å². The molecule has 0 bridgehead atoms. The van der Waals surface area contributed by atoms with Gasteiger partial charge in [-0.3, -0.25) is 4.79 Å². The molecule has 0 radical (unpaired) electrons. The Kier molecular flexibility index (Phi) is 6.41. The van der Waals surface area contributed by atoms with Gasteiger partial charge in [-0.15, -0.1) is 0 Å². The Hall–Kier alpha value is -2.25. The van der Waals surface area contributed by atoms with E-state index in [1.165, 1.54) is 7.11 Å². The lowest BCUT2D eigenvalue weighted by molar-refractivity contribution is -0.160. The van der Waals surface area contributed by atoms with Gasteiger partial charge in [0.2, 0.25) is 5.91 Å². The van der Waals surface area contributed by atoms with Crippen molar-refractivity contribution < 1.29 is 32.6 Å². The lowest BCUT2D eigenvalue weighted by atomic mass is 9.95. The van der Waals surface area contributed by atoms with Crippen LogP contribution in [-0.2, 0) is 9.59 Å². The first-order valence-electron chi connectivity index (χ1n) is 6.91. The lowest BCUT2D eigenvalue weighted by Crippen LogP contribution is -2.45. The van der Waals surface area contributed by atoms with Crippen LogP contribution in [0.4, 0.5) is 13.2 Å². The third kappa shape index (κ3) is 5.80. The normalized spacial score (nSPS) is 14.0. The van der Waals surface area contributed by atoms with E-state index in [0.717, 1.165) is 0 Å². The fourth-order valence-electron chi connectivity index (χ4n) is 2.11. The van der Waals surface area contributed by atoms with Crippen molar-refractivity contribution in [3.63, 3.8) is 0 Å². The molecule has 8 heteroatoms. The van der Waals surface area contributed by atoms with Crippen molar-refractivity contribution in [2.45, 2.75) is 37.9 Å². The van der Waals surface area contributed by atoms with Gasteiger partial charge in [-0.05, 0) is 24.1 Å². The van der Waals surface area contributed by atoms with Crippen LogP contribution in [0.15, 0.2) is 24.3 Å². The predicted octanol–water partition coefficient (Wildman–Crippen LogP) is 2.71. The van der Waals surface area contributed by atoms with Gasteiger partial charge in [0.1, 0.15) is 11.8 Å². The molecule has 0 saturated heterocycles. The number of hydrogen-bond donors (Lipinski definition) is 2. The number of alkyl halides is 3. The second-order valence-electron chi connectivity index (χ2n) is 4.95. The minimum Gasteiger partial charge on any atom is -0.497 e. The highest BCUT2D eigenvalue weighted by atomic mass is 19.4. The monoisotopic (exact) mass is 333 g/mol. The average Bonchev–Trinajstić information content (AvgIpc) is 2.46. The number of amides is 1. The van der Waals surface area contributed by atoms with Crippen molar-refractivity contribution in [1.82, 2.24) is 5.32 Å². The topological polar surface area (TPSA) is 75.6 Å². The quantitative estimate of drug-likeness (QED) is 0.804. The van der Waals surface area contributed by atoms with Gasteiger partial charge in [0, 0.05) is 0 Å². The Morgan fingerprint density at radius 3 is 2.22 bits per heavy atom. The van der Waals surface area contributed by atoms with Gasteiger partial charge in [0.05, 0.1) is 19.4 Å². The van der Waals surface area contributed by atoms with Crippen LogP contribution in [0.5, 0.6) is 5.75 Å². The minimum atomic E-state index is -4.68. The first-order valence-corrected chi connectivity index (χ1v) is 6.91. The van der Waals surface area contributed by atoms with Crippen molar-refractivity contribution in [1.29, 1.82) is 0 Å². The molecule has 128 valence electrons. The third-order valence-electron chi connectivity index (χ3n) is 3.29. The van der Waals surface area contributed by atoms with Gasteiger partial charge in [-0.25, -0.2) is 4.79 Å². The highest BCUT2D eigenvalue weighted by Crippen LogP contribution is 2.25. The van der Waals surface area contributed by atoms with Gasteiger partial charge in [-0.2, -0.15) is 13.2 Å². The second kappa shape index (κ2) is 7.85. The molecule has 5 nitrogen and oxygen atoms in total. The summed E-state index contributed by atoms with van der Waals surface area (Å²) in [5.74, 6) is -2.64. The summed E-state index contributed by atoms with van der Waals surface area (Å²) in [5.41, 5.74) is 0.571. The largest absolute Gasteiger partial charge is 0.497 e. The van der Waals surface area contributed by atoms with Crippen LogP contribution in [0.3, 0.4) is 0 Å². The van der Waals surface area contributed by atoms with Gasteiger partial charge in [0.15, 0.2) is 0 Å². The predicted molar refractivity (Wildman–Crippen MR) is 76.3 cm³/mol. The number of carboxylic acid groups (broad SMARTS) is 1. The summed E-state index contributed by atoms with van der Waals surface area (Å²) >= 11 is 0. The Morgan fingerprint density at radius 1 is 1.26 bits per heavy atom. The fourth-order valence-corrected chi connectivity index (χ4v) is 2.11. The molecule has 1 aromatic rings. The molecule has 0 aliphatic heterocycles. The zero-order chi connectivity index (χ0) is 17.6. The Labute approximate surface area is 131 Å². The molecule has 0 heterocycles. The van der Waals surface area contributed by atoms with Crippen molar-refractivity contribution in [3.05, 3.63) is 29.8 Å². The number of ether oxygens (including phenoxy) is 1. The molecule has 0 fully saturated rings. The molecule has 0 spiro atoms. The highest BCUT2D eigenvalue weighted by molar-refractivity contribution is 5.88. The van der Waals surface area contributed by atoms with Gasteiger partial charge >= 0.3 is 12.1 Å². The summed E-state index contributed by atoms with van der Waals surface area (Å²) in [6, 6.07) is 4.47. The average molecular weight is 333 g/mol. The standard InChI is InChI=1S/C15H18F3NO4/c1-3-11(9-4-6-10(23-2)7-5-9)13(20)19-12(14(21)22)8-15(16,17)18/h4-7,11-12H,3,8H2,1-2H3,(H,19,20)(H,21,22). The number of nitrogens with one attached hydrogen (secondary N) is 1. The molecule has 1 rings (SSSR count). The number of hydrogen-bond acceptors (Lipinski definition) is 3. The van der Waals surface area contributed by atoms with Crippen molar-refractivity contribution >= 4 is 11.9 Å². The summed E-state index contributed by atoms with van der Waals surface area (Å²) in [7, 11) is 1.48. The first kappa shape index (κ1) is 18.8. The molecule has 2 atom stereocenters. The van der Waals surface area contributed by atoms with Crippen LogP contribution < -0.4 is 10.1 Å². The van der Waals surface area contributed by atoms with E-state index in [0.29, 0.717) is 17.7 Å². The smallest absolute Gasteiger partial charge is 0.391 e. The molecular weight excluding hydrogens is 315 g/mol.